The number of hydrogen-bond donors (Lipinski definition) is 1. The number of allylic oxidation sites excluding steroid dienone is 4. The van der Waals surface area contributed by atoms with Crippen molar-refractivity contribution < 1.29 is 22.4 Å². The Morgan fingerprint density at radius 3 is 2.54 bits per heavy atom. The number of rotatable bonds is 6. The van der Waals surface area contributed by atoms with E-state index in [1.807, 2.05) is 32.0 Å². The SMILES string of the molecule is Cc1ccc(F)c(Cn2c(C(=O)NS(=O)(=O)C3CC3)c(C3=CC=CCC3=O)c3cc(C)ccc32)c1. The van der Waals surface area contributed by atoms with Crippen LogP contribution in [-0.2, 0) is 21.4 Å². The molecule has 1 fully saturated rings. The van der Waals surface area contributed by atoms with Gasteiger partial charge in [0.25, 0.3) is 5.91 Å². The van der Waals surface area contributed by atoms with Crippen LogP contribution in [0.5, 0.6) is 0 Å². The molecule has 2 aliphatic rings. The van der Waals surface area contributed by atoms with Crippen LogP contribution in [0.3, 0.4) is 0 Å². The smallest absolute Gasteiger partial charge is 0.282 e. The highest BCUT2D eigenvalue weighted by molar-refractivity contribution is 7.91. The number of hydrogen-bond acceptors (Lipinski definition) is 4. The van der Waals surface area contributed by atoms with Crippen molar-refractivity contribution in [3.63, 3.8) is 0 Å². The summed E-state index contributed by atoms with van der Waals surface area (Å²) in [5, 5.41) is 0.0459. The largest absolute Gasteiger partial charge is 0.331 e. The average Bonchev–Trinajstić information content (AvgIpc) is 3.61. The van der Waals surface area contributed by atoms with Crippen LogP contribution >= 0.6 is 0 Å². The minimum absolute atomic E-state index is 0.00336. The molecule has 35 heavy (non-hydrogen) atoms. The summed E-state index contributed by atoms with van der Waals surface area (Å²) in [7, 11) is -3.85. The summed E-state index contributed by atoms with van der Waals surface area (Å²) in [6.07, 6.45) is 6.31. The van der Waals surface area contributed by atoms with Crippen molar-refractivity contribution in [2.75, 3.05) is 0 Å². The second-order valence-electron chi connectivity index (χ2n) is 9.24. The molecule has 2 aliphatic carbocycles. The zero-order valence-electron chi connectivity index (χ0n) is 19.5. The highest BCUT2D eigenvalue weighted by atomic mass is 32.2. The molecule has 6 nitrogen and oxygen atoms in total. The first-order valence-corrected chi connectivity index (χ1v) is 13.0. The number of ketones is 1. The summed E-state index contributed by atoms with van der Waals surface area (Å²) in [6, 6.07) is 10.3. The zero-order chi connectivity index (χ0) is 24.9. The van der Waals surface area contributed by atoms with Gasteiger partial charge in [0.05, 0.1) is 11.8 Å². The number of nitrogens with one attached hydrogen (secondary N) is 1. The number of aryl methyl sites for hydroxylation is 2. The van der Waals surface area contributed by atoms with Crippen LogP contribution < -0.4 is 4.72 Å². The molecule has 8 heteroatoms. The van der Waals surface area contributed by atoms with Crippen LogP contribution in [0, 0.1) is 19.7 Å². The Labute approximate surface area is 203 Å². The highest BCUT2D eigenvalue weighted by Gasteiger charge is 2.38. The number of carbonyl (C=O) groups excluding carboxylic acids is 2. The molecule has 1 N–H and O–H groups in total. The van der Waals surface area contributed by atoms with Crippen LogP contribution in [0.1, 0.15) is 52.0 Å². The van der Waals surface area contributed by atoms with Gasteiger partial charge in [-0.05, 0) is 44.9 Å². The van der Waals surface area contributed by atoms with E-state index in [1.54, 1.807) is 34.9 Å². The maximum atomic E-state index is 14.8. The molecule has 2 aromatic carbocycles. The van der Waals surface area contributed by atoms with E-state index in [1.165, 1.54) is 6.07 Å². The van der Waals surface area contributed by atoms with Crippen molar-refractivity contribution in [3.8, 4) is 0 Å². The fourth-order valence-corrected chi connectivity index (χ4v) is 5.82. The van der Waals surface area contributed by atoms with Gasteiger partial charge in [-0.25, -0.2) is 17.5 Å². The third-order valence-corrected chi connectivity index (χ3v) is 8.25. The molecule has 0 radical (unpaired) electrons. The predicted molar refractivity (Wildman–Crippen MR) is 133 cm³/mol. The van der Waals surface area contributed by atoms with Gasteiger partial charge in [-0.15, -0.1) is 0 Å². The lowest BCUT2D eigenvalue weighted by molar-refractivity contribution is -0.113. The summed E-state index contributed by atoms with van der Waals surface area (Å²) >= 11 is 0. The monoisotopic (exact) mass is 492 g/mol. The van der Waals surface area contributed by atoms with E-state index in [4.69, 9.17) is 0 Å². The van der Waals surface area contributed by atoms with E-state index in [2.05, 4.69) is 4.72 Å². The topological polar surface area (TPSA) is 85.2 Å². The molecule has 1 amide bonds. The lowest BCUT2D eigenvalue weighted by Crippen LogP contribution is -2.35. The van der Waals surface area contributed by atoms with Gasteiger partial charge >= 0.3 is 0 Å². The van der Waals surface area contributed by atoms with E-state index >= 15 is 0 Å². The van der Waals surface area contributed by atoms with Gasteiger partial charge in [-0.3, -0.25) is 9.59 Å². The highest BCUT2D eigenvalue weighted by Crippen LogP contribution is 2.36. The predicted octanol–water partition coefficient (Wildman–Crippen LogP) is 4.58. The lowest BCUT2D eigenvalue weighted by atomic mass is 9.93. The summed E-state index contributed by atoms with van der Waals surface area (Å²) in [6.45, 7) is 3.74. The molecule has 1 aromatic heterocycles. The minimum atomic E-state index is -3.85. The summed E-state index contributed by atoms with van der Waals surface area (Å²) < 4.78 is 44.0. The van der Waals surface area contributed by atoms with Gasteiger partial charge in [-0.2, -0.15) is 0 Å². The van der Waals surface area contributed by atoms with E-state index in [0.29, 0.717) is 40.4 Å². The molecule has 0 aliphatic heterocycles. The first-order chi connectivity index (χ1) is 16.7. The van der Waals surface area contributed by atoms with Gasteiger partial charge in [0.15, 0.2) is 5.78 Å². The van der Waals surface area contributed by atoms with E-state index in [9.17, 15) is 22.4 Å². The van der Waals surface area contributed by atoms with Crippen LogP contribution in [0.2, 0.25) is 0 Å². The van der Waals surface area contributed by atoms with Gasteiger partial charge in [-0.1, -0.05) is 47.6 Å². The van der Waals surface area contributed by atoms with Crippen molar-refractivity contribution in [1.82, 2.24) is 9.29 Å². The number of nitrogens with zero attached hydrogens (tertiary/aromatic N) is 1. The maximum Gasteiger partial charge on any atom is 0.282 e. The number of Topliss-reactive ketones (excluding diaryl/α,β-unsaturated/α-hetero) is 1. The van der Waals surface area contributed by atoms with Crippen molar-refractivity contribution in [1.29, 1.82) is 0 Å². The molecule has 1 heterocycles. The summed E-state index contributed by atoms with van der Waals surface area (Å²) in [5.41, 5.74) is 3.47. The second kappa shape index (κ2) is 8.61. The standard InChI is InChI=1S/C27H25FN2O4S/c1-16-7-11-22(28)18(13-16)15-30-23-12-8-17(2)14-21(23)25(20-5-3-4-6-24(20)31)26(30)27(32)29-35(33,34)19-9-10-19/h3-5,7-8,11-14,19H,6,9-10,15H2,1-2H3,(H,29,32). The van der Waals surface area contributed by atoms with Gasteiger partial charge in [0.2, 0.25) is 10.0 Å². The maximum absolute atomic E-state index is 14.8. The first-order valence-electron chi connectivity index (χ1n) is 11.5. The van der Waals surface area contributed by atoms with E-state index in [-0.39, 0.29) is 24.4 Å². The summed E-state index contributed by atoms with van der Waals surface area (Å²) in [5.74, 6) is -1.43. The number of fused-ring (bicyclic) bond motifs is 1. The van der Waals surface area contributed by atoms with Crippen LogP contribution in [0.15, 0.2) is 54.6 Å². The van der Waals surface area contributed by atoms with Crippen molar-refractivity contribution >= 4 is 38.2 Å². The van der Waals surface area contributed by atoms with Crippen LogP contribution in [0.25, 0.3) is 16.5 Å². The molecule has 180 valence electrons. The summed E-state index contributed by atoms with van der Waals surface area (Å²) in [4.78, 5) is 26.5. The minimum Gasteiger partial charge on any atom is -0.331 e. The Hall–Kier alpha value is -3.52. The van der Waals surface area contributed by atoms with Crippen molar-refractivity contribution in [2.45, 2.75) is 44.9 Å². The van der Waals surface area contributed by atoms with E-state index in [0.717, 1.165) is 11.1 Å². The van der Waals surface area contributed by atoms with E-state index < -0.39 is 27.0 Å². The molecule has 0 saturated heterocycles. The lowest BCUT2D eigenvalue weighted by Gasteiger charge is -2.15. The fraction of sp³-hybridized carbons (Fsp3) is 0.259. The Balaban J connectivity index is 1.78. The molecule has 5 rings (SSSR count). The Bertz CT molecular complexity index is 1560. The molecule has 1 saturated carbocycles. The second-order valence-corrected chi connectivity index (χ2v) is 11.2. The van der Waals surface area contributed by atoms with Crippen LogP contribution in [-0.4, -0.2) is 29.9 Å². The average molecular weight is 493 g/mol. The van der Waals surface area contributed by atoms with Crippen LogP contribution in [0.4, 0.5) is 4.39 Å². The number of sulfonamides is 1. The van der Waals surface area contributed by atoms with Crippen molar-refractivity contribution in [3.05, 3.63) is 88.4 Å². The number of benzene rings is 2. The quantitative estimate of drug-likeness (QED) is 0.546. The molecule has 0 spiro atoms. The third kappa shape index (κ3) is 4.34. The molecule has 0 bridgehead atoms. The first kappa shape index (κ1) is 23.2. The third-order valence-electron chi connectivity index (χ3n) is 6.43. The molecular weight excluding hydrogens is 467 g/mol. The molecule has 0 unspecified atom stereocenters. The van der Waals surface area contributed by atoms with Gasteiger partial charge in [0.1, 0.15) is 11.5 Å². The molecule has 3 aromatic rings. The number of amides is 1. The Kier molecular flexibility index (Phi) is 5.71. The Morgan fingerprint density at radius 1 is 1.11 bits per heavy atom. The normalized spacial score (nSPS) is 16.0. The molecule has 0 atom stereocenters. The van der Waals surface area contributed by atoms with Crippen molar-refractivity contribution in [2.24, 2.45) is 0 Å². The van der Waals surface area contributed by atoms with Gasteiger partial charge < -0.3 is 4.57 Å². The number of carbonyl (C=O) groups is 2. The number of aromatic nitrogens is 1. The van der Waals surface area contributed by atoms with Gasteiger partial charge in [0, 0.05) is 34.0 Å². The number of halogens is 1. The zero-order valence-corrected chi connectivity index (χ0v) is 20.3. The fourth-order valence-electron chi connectivity index (χ4n) is 4.54. The molecular formula is C27H25FN2O4S. The Morgan fingerprint density at radius 2 is 1.83 bits per heavy atom.